The van der Waals surface area contributed by atoms with E-state index in [0.29, 0.717) is 20.7 Å². The molecule has 2 N–H and O–H groups in total. The average Bonchev–Trinajstić information content (AvgIpc) is 2.88. The topological polar surface area (TPSA) is 114 Å². The maximum atomic E-state index is 13.2. The van der Waals surface area contributed by atoms with Crippen molar-refractivity contribution >= 4 is 68.7 Å². The molecule has 38 heavy (non-hydrogen) atoms. The smallest absolute Gasteiger partial charge is 0.335 e. The van der Waals surface area contributed by atoms with Gasteiger partial charge in [-0.15, -0.1) is 0 Å². The quantitative estimate of drug-likeness (QED) is 0.273. The molecule has 0 aromatic heterocycles. The second-order valence-corrected chi connectivity index (χ2v) is 9.19. The number of carbonyl (C=O) groups is 4. The number of nitrogens with one attached hydrogen (secondary N) is 2. The maximum absolute atomic E-state index is 13.2. The predicted octanol–water partition coefficient (Wildman–Crippen LogP) is 5.19. The molecule has 1 saturated heterocycles. The lowest BCUT2D eigenvalue weighted by molar-refractivity contribution is -0.122. The number of hydrogen-bond donors (Lipinski definition) is 2. The Morgan fingerprint density at radius 2 is 1.76 bits per heavy atom. The van der Waals surface area contributed by atoms with Crippen LogP contribution < -0.4 is 25.0 Å². The number of carbonyl (C=O) groups excluding carboxylic acids is 4. The van der Waals surface area contributed by atoms with Crippen LogP contribution >= 0.6 is 27.5 Å². The van der Waals surface area contributed by atoms with Gasteiger partial charge in [-0.2, -0.15) is 0 Å². The van der Waals surface area contributed by atoms with Crippen molar-refractivity contribution in [3.05, 3.63) is 87.4 Å². The minimum atomic E-state index is -0.867. The van der Waals surface area contributed by atoms with Crippen molar-refractivity contribution in [1.29, 1.82) is 0 Å². The first-order valence-electron chi connectivity index (χ1n) is 11.4. The van der Waals surface area contributed by atoms with E-state index in [1.165, 1.54) is 30.3 Å². The summed E-state index contributed by atoms with van der Waals surface area (Å²) in [6.07, 6.45) is 1.34. The van der Waals surface area contributed by atoms with Gasteiger partial charge in [-0.3, -0.25) is 19.7 Å². The van der Waals surface area contributed by atoms with Gasteiger partial charge in [0, 0.05) is 10.7 Å². The zero-order valence-corrected chi connectivity index (χ0v) is 22.3. The Morgan fingerprint density at radius 1 is 1.05 bits per heavy atom. The first-order valence-corrected chi connectivity index (χ1v) is 12.5. The van der Waals surface area contributed by atoms with E-state index in [2.05, 4.69) is 26.6 Å². The summed E-state index contributed by atoms with van der Waals surface area (Å²) in [4.78, 5) is 51.3. The maximum Gasteiger partial charge on any atom is 0.335 e. The number of nitrogens with zero attached hydrogens (tertiary/aromatic N) is 1. The van der Waals surface area contributed by atoms with Gasteiger partial charge in [-0.25, -0.2) is 9.69 Å². The van der Waals surface area contributed by atoms with Crippen LogP contribution in [0.1, 0.15) is 12.5 Å². The van der Waals surface area contributed by atoms with E-state index in [1.807, 2.05) is 6.07 Å². The Bertz CT molecular complexity index is 1430. The Morgan fingerprint density at radius 3 is 2.45 bits per heavy atom. The van der Waals surface area contributed by atoms with Gasteiger partial charge in [-0.05, 0) is 83.0 Å². The van der Waals surface area contributed by atoms with E-state index in [9.17, 15) is 19.2 Å². The predicted molar refractivity (Wildman–Crippen MR) is 146 cm³/mol. The van der Waals surface area contributed by atoms with E-state index in [-0.39, 0.29) is 41.9 Å². The number of ether oxygens (including phenoxy) is 2. The molecule has 11 heteroatoms. The number of hydrogen-bond acceptors (Lipinski definition) is 6. The second kappa shape index (κ2) is 11.9. The summed E-state index contributed by atoms with van der Waals surface area (Å²) in [7, 11) is 0. The van der Waals surface area contributed by atoms with E-state index in [1.54, 1.807) is 43.3 Å². The van der Waals surface area contributed by atoms with Crippen LogP contribution in [0.15, 0.2) is 76.8 Å². The minimum Gasteiger partial charge on any atom is -0.490 e. The number of halogens is 2. The fourth-order valence-corrected chi connectivity index (χ4v) is 4.28. The second-order valence-electron chi connectivity index (χ2n) is 7.90. The molecule has 1 aliphatic rings. The summed E-state index contributed by atoms with van der Waals surface area (Å²) in [6, 6.07) is 17.3. The Balaban J connectivity index is 1.58. The van der Waals surface area contributed by atoms with Crippen LogP contribution in [0, 0.1) is 0 Å². The molecule has 4 rings (SSSR count). The zero-order chi connectivity index (χ0) is 27.2. The fourth-order valence-electron chi connectivity index (χ4n) is 3.58. The molecule has 0 radical (unpaired) electrons. The SMILES string of the molecule is CCOc1cc(/C=C2\C(=O)NC(=O)N(c3ccc(Cl)cc3)C2=O)cc(Br)c1OCC(=O)Nc1ccccc1. The summed E-state index contributed by atoms with van der Waals surface area (Å²) in [5.74, 6) is -1.44. The van der Waals surface area contributed by atoms with Crippen molar-refractivity contribution in [2.45, 2.75) is 6.92 Å². The summed E-state index contributed by atoms with van der Waals surface area (Å²) < 4.78 is 11.8. The van der Waals surface area contributed by atoms with E-state index >= 15 is 0 Å². The number of barbiturate groups is 1. The standard InChI is InChI=1S/C27H21BrClN3O6/c1-2-37-22-14-16(13-21(28)24(22)38-15-23(33)30-18-6-4-3-5-7-18)12-20-25(34)31-27(36)32(26(20)35)19-10-8-17(29)9-11-19/h3-14H,2,15H2,1H3,(H,30,33)(H,31,34,36)/b20-12+. The zero-order valence-electron chi connectivity index (χ0n) is 20.0. The number of benzene rings is 3. The van der Waals surface area contributed by atoms with Crippen molar-refractivity contribution in [2.75, 3.05) is 23.4 Å². The molecule has 1 fully saturated rings. The van der Waals surface area contributed by atoms with Crippen molar-refractivity contribution in [3.63, 3.8) is 0 Å². The molecule has 9 nitrogen and oxygen atoms in total. The monoisotopic (exact) mass is 597 g/mol. The molecule has 194 valence electrons. The normalized spacial score (nSPS) is 14.3. The van der Waals surface area contributed by atoms with Gasteiger partial charge >= 0.3 is 6.03 Å². The summed E-state index contributed by atoms with van der Waals surface area (Å²) in [5, 5.41) is 5.34. The first kappa shape index (κ1) is 26.9. The number of imide groups is 2. The highest BCUT2D eigenvalue weighted by Crippen LogP contribution is 2.38. The van der Waals surface area contributed by atoms with Gasteiger partial charge in [0.2, 0.25) is 0 Å². The van der Waals surface area contributed by atoms with Gasteiger partial charge in [-0.1, -0.05) is 29.8 Å². The summed E-state index contributed by atoms with van der Waals surface area (Å²) in [6.45, 7) is 1.78. The third kappa shape index (κ3) is 6.21. The van der Waals surface area contributed by atoms with Crippen LogP contribution in [-0.4, -0.2) is 37.0 Å². The lowest BCUT2D eigenvalue weighted by atomic mass is 10.1. The third-order valence-corrected chi connectivity index (χ3v) is 6.08. The number of rotatable bonds is 8. The van der Waals surface area contributed by atoms with Crippen LogP contribution in [-0.2, 0) is 14.4 Å². The highest BCUT2D eigenvalue weighted by Gasteiger charge is 2.36. The molecular weight excluding hydrogens is 578 g/mol. The van der Waals surface area contributed by atoms with Crippen molar-refractivity contribution in [1.82, 2.24) is 5.32 Å². The van der Waals surface area contributed by atoms with Crippen molar-refractivity contribution in [3.8, 4) is 11.5 Å². The van der Waals surface area contributed by atoms with Crippen LogP contribution in [0.5, 0.6) is 11.5 Å². The molecule has 5 amide bonds. The molecule has 0 spiro atoms. The van der Waals surface area contributed by atoms with E-state index in [4.69, 9.17) is 21.1 Å². The van der Waals surface area contributed by atoms with Crippen LogP contribution in [0.2, 0.25) is 5.02 Å². The average molecular weight is 599 g/mol. The Labute approximate surface area is 231 Å². The highest BCUT2D eigenvalue weighted by atomic mass is 79.9. The van der Waals surface area contributed by atoms with Crippen molar-refractivity contribution < 1.29 is 28.7 Å². The molecule has 0 aliphatic carbocycles. The molecular formula is C27H21BrClN3O6. The number of para-hydroxylation sites is 1. The van der Waals surface area contributed by atoms with Gasteiger partial charge in [0.15, 0.2) is 18.1 Å². The van der Waals surface area contributed by atoms with Crippen LogP contribution in [0.25, 0.3) is 6.08 Å². The summed E-state index contributed by atoms with van der Waals surface area (Å²) >= 11 is 9.32. The molecule has 1 heterocycles. The molecule has 1 aliphatic heterocycles. The molecule has 0 atom stereocenters. The number of amides is 5. The van der Waals surface area contributed by atoms with Crippen LogP contribution in [0.4, 0.5) is 16.2 Å². The fraction of sp³-hybridized carbons (Fsp3) is 0.111. The highest BCUT2D eigenvalue weighted by molar-refractivity contribution is 9.10. The Kier molecular flexibility index (Phi) is 8.45. The third-order valence-electron chi connectivity index (χ3n) is 5.23. The van der Waals surface area contributed by atoms with E-state index < -0.39 is 17.8 Å². The Hall–Kier alpha value is -4.15. The van der Waals surface area contributed by atoms with Crippen molar-refractivity contribution in [2.24, 2.45) is 0 Å². The number of anilines is 2. The lowest BCUT2D eigenvalue weighted by Crippen LogP contribution is -2.54. The minimum absolute atomic E-state index is 0.254. The van der Waals surface area contributed by atoms with E-state index in [0.717, 1.165) is 4.90 Å². The molecule has 0 unspecified atom stereocenters. The van der Waals surface area contributed by atoms with Crippen LogP contribution in [0.3, 0.4) is 0 Å². The van der Waals surface area contributed by atoms with Gasteiger partial charge in [0.25, 0.3) is 17.7 Å². The lowest BCUT2D eigenvalue weighted by Gasteiger charge is -2.26. The molecule has 3 aromatic rings. The van der Waals surface area contributed by atoms with Gasteiger partial charge < -0.3 is 14.8 Å². The molecule has 0 saturated carbocycles. The molecule has 0 bridgehead atoms. The summed E-state index contributed by atoms with van der Waals surface area (Å²) in [5.41, 5.74) is 1.05. The molecule has 3 aromatic carbocycles. The largest absolute Gasteiger partial charge is 0.490 e. The first-order chi connectivity index (χ1) is 18.3. The number of urea groups is 1. The van der Waals surface area contributed by atoms with Gasteiger partial charge in [0.05, 0.1) is 16.8 Å². The van der Waals surface area contributed by atoms with Gasteiger partial charge in [0.1, 0.15) is 5.57 Å².